The van der Waals surface area contributed by atoms with Gasteiger partial charge in [0.1, 0.15) is 16.1 Å². The number of anilines is 1. The van der Waals surface area contributed by atoms with Gasteiger partial charge in [-0.25, -0.2) is 9.78 Å². The number of carboxylic acids is 1. The van der Waals surface area contributed by atoms with E-state index in [0.29, 0.717) is 27.9 Å². The van der Waals surface area contributed by atoms with Crippen molar-refractivity contribution in [2.24, 2.45) is 0 Å². The summed E-state index contributed by atoms with van der Waals surface area (Å²) < 4.78 is 6.17. The van der Waals surface area contributed by atoms with Gasteiger partial charge in [-0.3, -0.25) is 14.5 Å². The maximum absolute atomic E-state index is 13.1. The number of carbonyl (C=O) groups excluding carboxylic acids is 2. The van der Waals surface area contributed by atoms with E-state index in [2.05, 4.69) is 20.5 Å². The molecule has 2 amide bonds. The third-order valence-electron chi connectivity index (χ3n) is 4.75. The SMILES string of the molecule is CO[C@@]1(NC(=O)Cc2csc(N)n2)C(=O)N2C(C(=O)O)=C(CSc3nnc(C)s3)CS[C@H]21. The normalized spacial score (nSPS) is 22.5. The molecule has 170 valence electrons. The summed E-state index contributed by atoms with van der Waals surface area (Å²) in [6.07, 6.45) is -0.0751. The molecule has 0 aliphatic carbocycles. The highest BCUT2D eigenvalue weighted by Gasteiger charge is 2.66. The molecule has 1 saturated heterocycles. The Labute approximate surface area is 198 Å². The summed E-state index contributed by atoms with van der Waals surface area (Å²) >= 11 is 5.34. The zero-order valence-electron chi connectivity index (χ0n) is 16.9. The molecular formula is C17H18N6O5S4. The standard InChI is InChI=1S/C17H18N6O5S4/c1-7-21-22-16(32-7)31-5-8-4-29-14-17(28-2,13(27)23(14)11(8)12(25)26)20-10(24)3-9-6-30-15(18)19-9/h6,14H,3-5H2,1-2H3,(H2,18,19)(H,20,24)(H,25,26)/t14-,17-/m0/s1. The zero-order chi connectivity index (χ0) is 23.0. The number of nitrogen functional groups attached to an aromatic ring is 1. The number of nitrogens with one attached hydrogen (secondary N) is 1. The molecule has 4 rings (SSSR count). The lowest BCUT2D eigenvalue weighted by molar-refractivity contribution is -0.192. The fraction of sp³-hybridized carbons (Fsp3) is 0.412. The number of aryl methyl sites for hydroxylation is 1. The van der Waals surface area contributed by atoms with Crippen LogP contribution in [0.2, 0.25) is 0 Å². The number of aliphatic carboxylic acids is 1. The first-order chi connectivity index (χ1) is 15.2. The largest absolute Gasteiger partial charge is 0.477 e. The maximum atomic E-state index is 13.1. The number of thiazole rings is 1. The molecule has 2 aromatic heterocycles. The van der Waals surface area contributed by atoms with E-state index < -0.39 is 28.9 Å². The Morgan fingerprint density at radius 2 is 2.25 bits per heavy atom. The number of hydrogen-bond donors (Lipinski definition) is 3. The molecule has 2 aliphatic heterocycles. The lowest BCUT2D eigenvalue weighted by Gasteiger charge is -2.55. The van der Waals surface area contributed by atoms with Crippen molar-refractivity contribution in [3.63, 3.8) is 0 Å². The van der Waals surface area contributed by atoms with Gasteiger partial charge in [0.25, 0.3) is 11.6 Å². The van der Waals surface area contributed by atoms with Crippen molar-refractivity contribution in [2.75, 3.05) is 24.3 Å². The minimum Gasteiger partial charge on any atom is -0.477 e. The van der Waals surface area contributed by atoms with Crippen LogP contribution in [0.4, 0.5) is 5.13 Å². The molecule has 11 nitrogen and oxygen atoms in total. The Morgan fingerprint density at radius 3 is 2.84 bits per heavy atom. The molecule has 0 unspecified atom stereocenters. The topological polar surface area (TPSA) is 161 Å². The summed E-state index contributed by atoms with van der Waals surface area (Å²) in [5, 5.41) is 22.6. The molecule has 15 heteroatoms. The van der Waals surface area contributed by atoms with Crippen molar-refractivity contribution in [3.05, 3.63) is 27.4 Å². The molecule has 0 radical (unpaired) electrons. The highest BCUT2D eigenvalue weighted by molar-refractivity contribution is 8.01. The number of amides is 2. The minimum absolute atomic E-state index is 0.0751. The number of fused-ring (bicyclic) bond motifs is 1. The first-order valence-electron chi connectivity index (χ1n) is 9.14. The predicted octanol–water partition coefficient (Wildman–Crippen LogP) is 0.933. The lowest BCUT2D eigenvalue weighted by atomic mass is 9.98. The summed E-state index contributed by atoms with van der Waals surface area (Å²) in [5.41, 5.74) is 4.95. The van der Waals surface area contributed by atoms with Crippen LogP contribution in [0.5, 0.6) is 0 Å². The number of methoxy groups -OCH3 is 1. The minimum atomic E-state index is -1.64. The molecule has 1 fully saturated rings. The van der Waals surface area contributed by atoms with Crippen LogP contribution < -0.4 is 11.1 Å². The molecule has 4 N–H and O–H groups in total. The number of β-lactam (4-membered cyclic amide) rings is 1. The van der Waals surface area contributed by atoms with Crippen LogP contribution in [0, 0.1) is 6.92 Å². The number of carboxylic acid groups (broad SMARTS) is 1. The second-order valence-electron chi connectivity index (χ2n) is 6.81. The summed E-state index contributed by atoms with van der Waals surface area (Å²) in [7, 11) is 1.31. The fourth-order valence-electron chi connectivity index (χ4n) is 3.36. The molecule has 2 aromatic rings. The first-order valence-corrected chi connectivity index (χ1v) is 12.9. The molecule has 0 bridgehead atoms. The molecule has 0 saturated carbocycles. The van der Waals surface area contributed by atoms with E-state index in [-0.39, 0.29) is 12.1 Å². The van der Waals surface area contributed by atoms with Crippen molar-refractivity contribution in [2.45, 2.75) is 28.8 Å². The van der Waals surface area contributed by atoms with Crippen molar-refractivity contribution < 1.29 is 24.2 Å². The molecule has 32 heavy (non-hydrogen) atoms. The van der Waals surface area contributed by atoms with Gasteiger partial charge in [-0.2, -0.15) is 0 Å². The van der Waals surface area contributed by atoms with Gasteiger partial charge in [0.05, 0.1) is 12.1 Å². The van der Waals surface area contributed by atoms with Gasteiger partial charge in [0.2, 0.25) is 5.91 Å². The summed E-state index contributed by atoms with van der Waals surface area (Å²) in [6, 6.07) is 0. The van der Waals surface area contributed by atoms with Gasteiger partial charge >= 0.3 is 5.97 Å². The molecule has 4 heterocycles. The number of nitrogens with two attached hydrogens (primary N) is 1. The van der Waals surface area contributed by atoms with Gasteiger partial charge in [-0.1, -0.05) is 23.1 Å². The Morgan fingerprint density at radius 1 is 1.47 bits per heavy atom. The predicted molar refractivity (Wildman–Crippen MR) is 121 cm³/mol. The third-order valence-corrected chi connectivity index (χ3v) is 8.90. The summed E-state index contributed by atoms with van der Waals surface area (Å²) in [4.78, 5) is 42.9. The van der Waals surface area contributed by atoms with E-state index >= 15 is 0 Å². The monoisotopic (exact) mass is 514 g/mol. The van der Waals surface area contributed by atoms with E-state index in [0.717, 1.165) is 9.35 Å². The number of nitrogens with zero attached hydrogens (tertiary/aromatic N) is 4. The molecule has 0 spiro atoms. The number of aromatic nitrogens is 3. The van der Waals surface area contributed by atoms with Crippen LogP contribution >= 0.6 is 46.2 Å². The van der Waals surface area contributed by atoms with Crippen molar-refractivity contribution in [1.29, 1.82) is 0 Å². The van der Waals surface area contributed by atoms with Gasteiger partial charge in [0.15, 0.2) is 9.47 Å². The van der Waals surface area contributed by atoms with Crippen molar-refractivity contribution in [1.82, 2.24) is 25.4 Å². The summed E-state index contributed by atoms with van der Waals surface area (Å²) in [6.45, 7) is 1.84. The number of thioether (sulfide) groups is 2. The highest BCUT2D eigenvalue weighted by atomic mass is 32.2. The molecular weight excluding hydrogens is 496 g/mol. The molecule has 0 aromatic carbocycles. The van der Waals surface area contributed by atoms with Gasteiger partial charge < -0.3 is 20.9 Å². The second kappa shape index (κ2) is 8.97. The average molecular weight is 515 g/mol. The number of carbonyl (C=O) groups is 3. The van der Waals surface area contributed by atoms with E-state index in [1.54, 1.807) is 5.38 Å². The lowest BCUT2D eigenvalue weighted by Crippen LogP contribution is -2.80. The zero-order valence-corrected chi connectivity index (χ0v) is 20.1. The van der Waals surface area contributed by atoms with Crippen LogP contribution in [0.25, 0.3) is 0 Å². The van der Waals surface area contributed by atoms with Crippen LogP contribution in [0.3, 0.4) is 0 Å². The van der Waals surface area contributed by atoms with Crippen LogP contribution in [0.1, 0.15) is 10.7 Å². The Balaban J connectivity index is 1.51. The Hall–Kier alpha value is -2.20. The number of hydrogen-bond acceptors (Lipinski definition) is 12. The first kappa shape index (κ1) is 23.0. The third kappa shape index (κ3) is 4.10. The molecule has 2 atom stereocenters. The van der Waals surface area contributed by atoms with Gasteiger partial charge in [-0.05, 0) is 12.5 Å². The number of rotatable bonds is 8. The Kier molecular flexibility index (Phi) is 6.44. The smallest absolute Gasteiger partial charge is 0.352 e. The highest BCUT2D eigenvalue weighted by Crippen LogP contribution is 2.47. The average Bonchev–Trinajstić information content (AvgIpc) is 3.36. The maximum Gasteiger partial charge on any atom is 0.352 e. The second-order valence-corrected chi connectivity index (χ2v) is 11.2. The summed E-state index contributed by atoms with van der Waals surface area (Å²) in [5.74, 6) is -1.58. The van der Waals surface area contributed by atoms with Crippen LogP contribution in [0.15, 0.2) is 21.0 Å². The fourth-order valence-corrected chi connectivity index (χ4v) is 7.32. The van der Waals surface area contributed by atoms with E-state index in [1.807, 2.05) is 6.92 Å². The Bertz CT molecular complexity index is 1120. The van der Waals surface area contributed by atoms with E-state index in [9.17, 15) is 19.5 Å². The van der Waals surface area contributed by atoms with Gasteiger partial charge in [-0.15, -0.1) is 33.3 Å². The van der Waals surface area contributed by atoms with Crippen molar-refractivity contribution >= 4 is 69.1 Å². The molecule has 2 aliphatic rings. The van der Waals surface area contributed by atoms with E-state index in [1.165, 1.54) is 58.2 Å². The van der Waals surface area contributed by atoms with Gasteiger partial charge in [0, 0.05) is 24.0 Å². The van der Waals surface area contributed by atoms with Crippen LogP contribution in [-0.2, 0) is 25.5 Å². The van der Waals surface area contributed by atoms with Crippen molar-refractivity contribution in [3.8, 4) is 0 Å². The van der Waals surface area contributed by atoms with Crippen LogP contribution in [-0.4, -0.2) is 72.7 Å². The quantitative estimate of drug-likeness (QED) is 0.261. The number of ether oxygens (including phenoxy) is 1. The van der Waals surface area contributed by atoms with E-state index in [4.69, 9.17) is 10.5 Å².